The molecule has 5 heteroatoms. The molecule has 1 N–H and O–H groups in total. The second-order valence-electron chi connectivity index (χ2n) is 7.91. The van der Waals surface area contributed by atoms with Crippen molar-refractivity contribution in [2.75, 3.05) is 19.8 Å². The summed E-state index contributed by atoms with van der Waals surface area (Å²) in [5.74, 6) is 0.131. The number of aryl methyl sites for hydroxylation is 1. The molecule has 30 heavy (non-hydrogen) atoms. The predicted molar refractivity (Wildman–Crippen MR) is 115 cm³/mol. The number of ether oxygens (including phenoxy) is 2. The number of aromatic hydroxyl groups is 1. The van der Waals surface area contributed by atoms with E-state index in [0.717, 1.165) is 38.2 Å². The van der Waals surface area contributed by atoms with Crippen LogP contribution in [0.15, 0.2) is 60.7 Å². The first-order chi connectivity index (χ1) is 14.8. The van der Waals surface area contributed by atoms with Crippen molar-refractivity contribution < 1.29 is 14.6 Å². The maximum atomic E-state index is 10.1. The number of hydrogen-bond acceptors (Lipinski definition) is 5. The van der Waals surface area contributed by atoms with Gasteiger partial charge < -0.3 is 14.6 Å². The largest absolute Gasteiger partial charge is 0.506 e. The first-order valence-electron chi connectivity index (χ1n) is 10.6. The Morgan fingerprint density at radius 1 is 0.867 bits per heavy atom. The zero-order chi connectivity index (χ0) is 20.3. The number of hydrogen-bond donors (Lipinski definition) is 1. The highest BCUT2D eigenvalue weighted by atomic mass is 16.7. The van der Waals surface area contributed by atoms with E-state index in [1.807, 2.05) is 6.07 Å². The lowest BCUT2D eigenvalue weighted by atomic mass is 9.97. The van der Waals surface area contributed by atoms with E-state index in [4.69, 9.17) is 9.47 Å². The van der Waals surface area contributed by atoms with Crippen LogP contribution in [0, 0.1) is 0 Å². The van der Waals surface area contributed by atoms with Crippen LogP contribution >= 0.6 is 0 Å². The van der Waals surface area contributed by atoms with E-state index >= 15 is 0 Å². The van der Waals surface area contributed by atoms with Gasteiger partial charge >= 0.3 is 0 Å². The quantitative estimate of drug-likeness (QED) is 0.683. The molecule has 0 bridgehead atoms. The van der Waals surface area contributed by atoms with Crippen LogP contribution in [0.5, 0.6) is 5.75 Å². The highest BCUT2D eigenvalue weighted by Gasteiger charge is 2.23. The van der Waals surface area contributed by atoms with E-state index in [9.17, 15) is 5.11 Å². The van der Waals surface area contributed by atoms with Gasteiger partial charge in [0.15, 0.2) is 0 Å². The van der Waals surface area contributed by atoms with Crippen LogP contribution in [0.4, 0.5) is 0 Å². The summed E-state index contributed by atoms with van der Waals surface area (Å²) in [5, 5.41) is 10.1. The minimum Gasteiger partial charge on any atom is -0.506 e. The SMILES string of the molecule is Oc1ccc(CCCN2Cc3ccccc3-c3ccccc3C2)nc1C1OCCO1. The summed E-state index contributed by atoms with van der Waals surface area (Å²) in [6.07, 6.45) is 1.29. The molecule has 2 aliphatic rings. The molecular formula is C25H26N2O3. The van der Waals surface area contributed by atoms with Crippen molar-refractivity contribution in [1.82, 2.24) is 9.88 Å². The minimum atomic E-state index is -0.552. The van der Waals surface area contributed by atoms with Crippen LogP contribution in [0.3, 0.4) is 0 Å². The molecule has 0 spiro atoms. The van der Waals surface area contributed by atoms with Gasteiger partial charge in [0.2, 0.25) is 6.29 Å². The third-order valence-electron chi connectivity index (χ3n) is 5.83. The van der Waals surface area contributed by atoms with Crippen LogP contribution in [0.25, 0.3) is 11.1 Å². The van der Waals surface area contributed by atoms with Gasteiger partial charge in [-0.2, -0.15) is 0 Å². The molecule has 0 radical (unpaired) electrons. The van der Waals surface area contributed by atoms with Crippen molar-refractivity contribution >= 4 is 0 Å². The average molecular weight is 402 g/mol. The van der Waals surface area contributed by atoms with E-state index in [2.05, 4.69) is 58.4 Å². The van der Waals surface area contributed by atoms with Crippen molar-refractivity contribution in [3.63, 3.8) is 0 Å². The summed E-state index contributed by atoms with van der Waals surface area (Å²) in [6.45, 7) is 3.95. The lowest BCUT2D eigenvalue weighted by Gasteiger charge is -2.21. The molecule has 3 heterocycles. The highest BCUT2D eigenvalue weighted by Crippen LogP contribution is 2.33. The molecule has 5 nitrogen and oxygen atoms in total. The maximum absolute atomic E-state index is 10.1. The summed E-state index contributed by atoms with van der Waals surface area (Å²) in [5.41, 5.74) is 6.89. The van der Waals surface area contributed by atoms with Gasteiger partial charge in [-0.05, 0) is 53.8 Å². The summed E-state index contributed by atoms with van der Waals surface area (Å²) < 4.78 is 11.0. The van der Waals surface area contributed by atoms with Gasteiger partial charge in [-0.25, -0.2) is 4.98 Å². The third-order valence-corrected chi connectivity index (χ3v) is 5.83. The fourth-order valence-corrected chi connectivity index (χ4v) is 4.36. The highest BCUT2D eigenvalue weighted by molar-refractivity contribution is 5.71. The average Bonchev–Trinajstić information content (AvgIpc) is 3.25. The molecule has 0 saturated carbocycles. The molecule has 1 saturated heterocycles. The zero-order valence-corrected chi connectivity index (χ0v) is 17.0. The molecule has 0 atom stereocenters. The monoisotopic (exact) mass is 402 g/mol. The number of fused-ring (bicyclic) bond motifs is 3. The Hall–Kier alpha value is -2.73. The van der Waals surface area contributed by atoms with Crippen molar-refractivity contribution in [1.29, 1.82) is 0 Å². The van der Waals surface area contributed by atoms with Crippen LogP contribution in [0.2, 0.25) is 0 Å². The lowest BCUT2D eigenvalue weighted by molar-refractivity contribution is -0.0488. The lowest BCUT2D eigenvalue weighted by Crippen LogP contribution is -2.23. The number of aromatic nitrogens is 1. The predicted octanol–water partition coefficient (Wildman–Crippen LogP) is 4.45. The fourth-order valence-electron chi connectivity index (χ4n) is 4.36. The molecule has 154 valence electrons. The van der Waals surface area contributed by atoms with Gasteiger partial charge in [0.05, 0.1) is 13.2 Å². The first kappa shape index (κ1) is 19.2. The molecule has 5 rings (SSSR count). The first-order valence-corrected chi connectivity index (χ1v) is 10.6. The number of nitrogens with zero attached hydrogens (tertiary/aromatic N) is 2. The second-order valence-corrected chi connectivity index (χ2v) is 7.91. The Morgan fingerprint density at radius 2 is 1.50 bits per heavy atom. The molecule has 3 aromatic rings. The van der Waals surface area contributed by atoms with Gasteiger partial charge in [0.25, 0.3) is 0 Å². The maximum Gasteiger partial charge on any atom is 0.204 e. The van der Waals surface area contributed by atoms with Crippen molar-refractivity contribution in [2.45, 2.75) is 32.2 Å². The zero-order valence-electron chi connectivity index (χ0n) is 17.0. The molecule has 0 unspecified atom stereocenters. The molecule has 2 aliphatic heterocycles. The minimum absolute atomic E-state index is 0.131. The standard InChI is InChI=1S/C25H26N2O3/c28-23-12-11-20(26-24(23)25-29-14-15-30-25)8-5-13-27-16-18-6-1-3-9-21(18)22-10-4-2-7-19(22)17-27/h1-4,6-7,9-12,25,28H,5,8,13-17H2. The Balaban J connectivity index is 1.28. The number of rotatable bonds is 5. The van der Waals surface area contributed by atoms with Crippen molar-refractivity contribution in [2.24, 2.45) is 0 Å². The van der Waals surface area contributed by atoms with Crippen LogP contribution in [0.1, 0.15) is 35.2 Å². The molecule has 1 fully saturated rings. The smallest absolute Gasteiger partial charge is 0.204 e. The van der Waals surface area contributed by atoms with E-state index in [0.29, 0.717) is 18.9 Å². The topological polar surface area (TPSA) is 54.8 Å². The molecule has 0 aliphatic carbocycles. The second kappa shape index (κ2) is 8.56. The Labute approximate surface area is 176 Å². The van der Waals surface area contributed by atoms with E-state index in [1.165, 1.54) is 22.3 Å². The summed E-state index contributed by atoms with van der Waals surface area (Å²) in [4.78, 5) is 7.12. The summed E-state index contributed by atoms with van der Waals surface area (Å²) in [7, 11) is 0. The van der Waals surface area contributed by atoms with Gasteiger partial charge in [0, 0.05) is 18.8 Å². The molecule has 1 aromatic heterocycles. The Bertz CT molecular complexity index is 983. The summed E-state index contributed by atoms with van der Waals surface area (Å²) >= 11 is 0. The Kier molecular flexibility index (Phi) is 5.49. The van der Waals surface area contributed by atoms with Crippen molar-refractivity contribution in [3.05, 3.63) is 83.2 Å². The Morgan fingerprint density at radius 3 is 2.17 bits per heavy atom. The van der Waals surface area contributed by atoms with Gasteiger partial charge in [-0.1, -0.05) is 48.5 Å². The number of benzene rings is 2. The normalized spacial score (nSPS) is 16.8. The van der Waals surface area contributed by atoms with Crippen LogP contribution in [-0.2, 0) is 29.0 Å². The van der Waals surface area contributed by atoms with E-state index < -0.39 is 6.29 Å². The van der Waals surface area contributed by atoms with E-state index in [1.54, 1.807) is 6.07 Å². The van der Waals surface area contributed by atoms with Crippen LogP contribution < -0.4 is 0 Å². The van der Waals surface area contributed by atoms with Crippen molar-refractivity contribution in [3.8, 4) is 16.9 Å². The van der Waals surface area contributed by atoms with Gasteiger partial charge in [-0.3, -0.25) is 4.90 Å². The summed E-state index contributed by atoms with van der Waals surface area (Å²) in [6, 6.07) is 21.0. The van der Waals surface area contributed by atoms with Gasteiger partial charge in [0.1, 0.15) is 11.4 Å². The van der Waals surface area contributed by atoms with E-state index in [-0.39, 0.29) is 5.75 Å². The third kappa shape index (κ3) is 3.97. The molecular weight excluding hydrogens is 376 g/mol. The fraction of sp³-hybridized carbons (Fsp3) is 0.320. The number of pyridine rings is 1. The van der Waals surface area contributed by atoms with Crippen LogP contribution in [-0.4, -0.2) is 34.7 Å². The van der Waals surface area contributed by atoms with Gasteiger partial charge in [-0.15, -0.1) is 0 Å². The molecule has 0 amide bonds. The molecule has 2 aromatic carbocycles.